The van der Waals surface area contributed by atoms with Crippen LogP contribution in [0.3, 0.4) is 0 Å². The molecule has 3 rings (SSSR count). The molecule has 2 aromatic carbocycles. The average Bonchev–Trinajstić information content (AvgIpc) is 2.93. The van der Waals surface area contributed by atoms with E-state index in [-0.39, 0.29) is 23.1 Å². The summed E-state index contributed by atoms with van der Waals surface area (Å²) in [6, 6.07) is 12.9. The Morgan fingerprint density at radius 2 is 1.73 bits per heavy atom. The van der Waals surface area contributed by atoms with Crippen LogP contribution in [0.15, 0.2) is 59.6 Å². The number of Topliss-reactive ketones (excluding diaryl/α,β-unsaturated/α-hetero) is 1. The number of para-hydroxylation sites is 1. The van der Waals surface area contributed by atoms with Crippen LogP contribution >= 0.6 is 0 Å². The van der Waals surface area contributed by atoms with Crippen molar-refractivity contribution in [2.45, 2.75) is 18.4 Å². The second-order valence-corrected chi connectivity index (χ2v) is 7.42. The van der Waals surface area contributed by atoms with Gasteiger partial charge in [0, 0.05) is 28.4 Å². The zero-order valence-corrected chi connectivity index (χ0v) is 14.8. The number of sulfonamides is 1. The predicted octanol–water partition coefficient (Wildman–Crippen LogP) is 2.13. The van der Waals surface area contributed by atoms with Crippen molar-refractivity contribution < 1.29 is 18.0 Å². The molecule has 0 fully saturated rings. The number of carbonyl (C=O) groups is 2. The number of nitrogens with one attached hydrogen (secondary N) is 1. The summed E-state index contributed by atoms with van der Waals surface area (Å²) in [7, 11) is -3.78. The zero-order valence-electron chi connectivity index (χ0n) is 14.0. The van der Waals surface area contributed by atoms with Crippen molar-refractivity contribution in [3.63, 3.8) is 0 Å². The van der Waals surface area contributed by atoms with Crippen LogP contribution in [0, 0.1) is 0 Å². The maximum atomic E-state index is 12.3. The number of carbonyl (C=O) groups excluding carboxylic acids is 2. The zero-order chi connectivity index (χ0) is 18.9. The largest absolute Gasteiger partial charge is 0.337 e. The van der Waals surface area contributed by atoms with Crippen LogP contribution in [0.5, 0.6) is 0 Å². The Hall–Kier alpha value is -2.97. The first kappa shape index (κ1) is 17.8. The van der Waals surface area contributed by atoms with Crippen LogP contribution in [-0.4, -0.2) is 24.7 Å². The predicted molar refractivity (Wildman–Crippen MR) is 98.4 cm³/mol. The fraction of sp³-hybridized carbons (Fsp3) is 0.111. The molecular formula is C18H17N3O4S. The van der Waals surface area contributed by atoms with Gasteiger partial charge >= 0.3 is 0 Å². The molecule has 0 aliphatic rings. The van der Waals surface area contributed by atoms with Crippen molar-refractivity contribution in [3.8, 4) is 0 Å². The second kappa shape index (κ2) is 6.74. The van der Waals surface area contributed by atoms with E-state index in [1.54, 1.807) is 10.8 Å². The molecule has 0 unspecified atom stereocenters. The fourth-order valence-electron chi connectivity index (χ4n) is 2.74. The van der Waals surface area contributed by atoms with Crippen LogP contribution in [-0.2, 0) is 21.4 Å². The number of anilines is 1. The van der Waals surface area contributed by atoms with Crippen LogP contribution in [0.4, 0.5) is 5.69 Å². The number of nitrogens with zero attached hydrogens (tertiary/aromatic N) is 1. The van der Waals surface area contributed by atoms with Gasteiger partial charge in [0.2, 0.25) is 15.9 Å². The Morgan fingerprint density at radius 1 is 1.08 bits per heavy atom. The first-order valence-electron chi connectivity index (χ1n) is 7.77. The molecule has 0 saturated carbocycles. The van der Waals surface area contributed by atoms with Gasteiger partial charge in [0.25, 0.3) is 0 Å². The van der Waals surface area contributed by atoms with Crippen LogP contribution in [0.1, 0.15) is 17.3 Å². The third-order valence-corrected chi connectivity index (χ3v) is 4.88. The Kier molecular flexibility index (Phi) is 4.62. The van der Waals surface area contributed by atoms with Gasteiger partial charge in [-0.15, -0.1) is 0 Å². The third kappa shape index (κ3) is 3.66. The molecule has 134 valence electrons. The van der Waals surface area contributed by atoms with Gasteiger partial charge in [-0.1, -0.05) is 18.2 Å². The quantitative estimate of drug-likeness (QED) is 0.669. The molecule has 1 heterocycles. The Morgan fingerprint density at radius 3 is 2.35 bits per heavy atom. The number of primary sulfonamides is 1. The summed E-state index contributed by atoms with van der Waals surface area (Å²) in [5.74, 6) is -0.372. The summed E-state index contributed by atoms with van der Waals surface area (Å²) < 4.78 is 24.2. The lowest BCUT2D eigenvalue weighted by atomic mass is 10.1. The molecule has 0 saturated heterocycles. The Bertz CT molecular complexity index is 1100. The van der Waals surface area contributed by atoms with Gasteiger partial charge in [-0.05, 0) is 37.3 Å². The Balaban J connectivity index is 1.80. The van der Waals surface area contributed by atoms with Gasteiger partial charge < -0.3 is 9.88 Å². The minimum atomic E-state index is -3.78. The van der Waals surface area contributed by atoms with Crippen LogP contribution < -0.4 is 10.5 Å². The molecule has 1 amide bonds. The van der Waals surface area contributed by atoms with Gasteiger partial charge in [-0.2, -0.15) is 0 Å². The number of amides is 1. The van der Waals surface area contributed by atoms with E-state index in [4.69, 9.17) is 5.14 Å². The maximum absolute atomic E-state index is 12.3. The first-order valence-corrected chi connectivity index (χ1v) is 9.32. The molecule has 0 bridgehead atoms. The van der Waals surface area contributed by atoms with Crippen LogP contribution in [0.25, 0.3) is 10.9 Å². The summed E-state index contributed by atoms with van der Waals surface area (Å²) in [4.78, 5) is 24.1. The minimum Gasteiger partial charge on any atom is -0.337 e. The minimum absolute atomic E-state index is 0.0186. The first-order chi connectivity index (χ1) is 12.3. The highest BCUT2D eigenvalue weighted by molar-refractivity contribution is 7.89. The van der Waals surface area contributed by atoms with Crippen molar-refractivity contribution in [3.05, 3.63) is 60.3 Å². The van der Waals surface area contributed by atoms with Crippen molar-refractivity contribution in [1.82, 2.24) is 4.57 Å². The van der Waals surface area contributed by atoms with E-state index in [0.29, 0.717) is 11.3 Å². The van der Waals surface area contributed by atoms with E-state index in [1.165, 1.54) is 31.2 Å². The number of fused-ring (bicyclic) bond motifs is 1. The summed E-state index contributed by atoms with van der Waals surface area (Å²) in [5.41, 5.74) is 1.80. The van der Waals surface area contributed by atoms with Gasteiger partial charge in [0.15, 0.2) is 5.78 Å². The van der Waals surface area contributed by atoms with Crippen molar-refractivity contribution >= 4 is 38.3 Å². The molecule has 0 spiro atoms. The smallest absolute Gasteiger partial charge is 0.244 e. The highest BCUT2D eigenvalue weighted by atomic mass is 32.2. The SMILES string of the molecule is CC(=O)c1cn(CC(=O)Nc2ccc(S(N)(=O)=O)cc2)c2ccccc12. The van der Waals surface area contributed by atoms with E-state index in [1.807, 2.05) is 24.3 Å². The molecule has 3 aromatic rings. The second-order valence-electron chi connectivity index (χ2n) is 5.86. The molecule has 1 aromatic heterocycles. The number of benzene rings is 2. The molecule has 26 heavy (non-hydrogen) atoms. The van der Waals surface area contributed by atoms with Crippen LogP contribution in [0.2, 0.25) is 0 Å². The number of rotatable bonds is 5. The average molecular weight is 371 g/mol. The summed E-state index contributed by atoms with van der Waals surface area (Å²) in [6.07, 6.45) is 1.66. The number of nitrogens with two attached hydrogens (primary N) is 1. The van der Waals surface area contributed by atoms with Gasteiger partial charge in [-0.25, -0.2) is 13.6 Å². The summed E-state index contributed by atoms with van der Waals surface area (Å²) in [5, 5.41) is 8.53. The number of ketones is 1. The standard InChI is InChI=1S/C18H17N3O4S/c1-12(22)16-10-21(17-5-3-2-4-15(16)17)11-18(23)20-13-6-8-14(9-7-13)26(19,24)25/h2-10H,11H2,1H3,(H,20,23)(H2,19,24,25). The molecule has 7 nitrogen and oxygen atoms in total. The highest BCUT2D eigenvalue weighted by Crippen LogP contribution is 2.22. The summed E-state index contributed by atoms with van der Waals surface area (Å²) >= 11 is 0. The molecule has 0 radical (unpaired) electrons. The maximum Gasteiger partial charge on any atom is 0.244 e. The molecule has 3 N–H and O–H groups in total. The Labute approximate surface area is 150 Å². The number of aromatic nitrogens is 1. The molecular weight excluding hydrogens is 354 g/mol. The van der Waals surface area contributed by atoms with E-state index in [9.17, 15) is 18.0 Å². The summed E-state index contributed by atoms with van der Waals surface area (Å²) in [6.45, 7) is 1.50. The molecule has 0 aliphatic heterocycles. The molecule has 0 atom stereocenters. The van der Waals surface area contributed by atoms with E-state index < -0.39 is 10.0 Å². The van der Waals surface area contributed by atoms with Gasteiger partial charge in [0.1, 0.15) is 6.54 Å². The number of hydrogen-bond donors (Lipinski definition) is 2. The molecule has 0 aliphatic carbocycles. The van der Waals surface area contributed by atoms with Crippen molar-refractivity contribution in [2.75, 3.05) is 5.32 Å². The highest BCUT2D eigenvalue weighted by Gasteiger charge is 2.14. The third-order valence-electron chi connectivity index (χ3n) is 3.95. The lowest BCUT2D eigenvalue weighted by Crippen LogP contribution is -2.18. The molecule has 8 heteroatoms. The lowest BCUT2D eigenvalue weighted by Gasteiger charge is -2.08. The van der Waals surface area contributed by atoms with Crippen molar-refractivity contribution in [1.29, 1.82) is 0 Å². The van der Waals surface area contributed by atoms with Crippen molar-refractivity contribution in [2.24, 2.45) is 5.14 Å². The van der Waals surface area contributed by atoms with E-state index in [0.717, 1.165) is 10.9 Å². The van der Waals surface area contributed by atoms with E-state index >= 15 is 0 Å². The fourth-order valence-corrected chi connectivity index (χ4v) is 3.26. The number of hydrogen-bond acceptors (Lipinski definition) is 4. The topological polar surface area (TPSA) is 111 Å². The monoisotopic (exact) mass is 371 g/mol. The van der Waals surface area contributed by atoms with Gasteiger partial charge in [-0.3, -0.25) is 9.59 Å². The van der Waals surface area contributed by atoms with E-state index in [2.05, 4.69) is 5.32 Å². The normalized spacial score (nSPS) is 11.5. The van der Waals surface area contributed by atoms with Gasteiger partial charge in [0.05, 0.1) is 4.90 Å². The lowest BCUT2D eigenvalue weighted by molar-refractivity contribution is -0.116.